The van der Waals surface area contributed by atoms with E-state index in [9.17, 15) is 24.3 Å². The highest BCUT2D eigenvalue weighted by atomic mass is 16.5. The molecule has 4 aromatic rings. The molecule has 2 amide bonds. The molecule has 0 spiro atoms. The molecule has 0 radical (unpaired) electrons. The average Bonchev–Trinajstić information content (AvgIpc) is 3.46. The zero-order valence-corrected chi connectivity index (χ0v) is 26.8. The predicted octanol–water partition coefficient (Wildman–Crippen LogP) is 5.32. The summed E-state index contributed by atoms with van der Waals surface area (Å²) in [6.07, 6.45) is -2.46. The summed E-state index contributed by atoms with van der Waals surface area (Å²) in [4.78, 5) is 55.7. The van der Waals surface area contributed by atoms with Gasteiger partial charge in [0.2, 0.25) is 5.91 Å². The van der Waals surface area contributed by atoms with Crippen molar-refractivity contribution in [3.63, 3.8) is 0 Å². The summed E-state index contributed by atoms with van der Waals surface area (Å²) in [6, 6.07) is 19.2. The number of anilines is 2. The number of carbonyl (C=O) groups excluding carboxylic acids is 3. The number of ether oxygens (including phenoxy) is 4. The lowest BCUT2D eigenvalue weighted by atomic mass is 9.92. The highest BCUT2D eigenvalue weighted by molar-refractivity contribution is 6.06. The fourth-order valence-electron chi connectivity index (χ4n) is 5.72. The number of carboxylic acid groups (broad SMARTS) is 1. The van der Waals surface area contributed by atoms with Gasteiger partial charge in [-0.1, -0.05) is 56.3 Å². The summed E-state index contributed by atoms with van der Waals surface area (Å²) < 4.78 is 23.2. The minimum atomic E-state index is -1.26. The van der Waals surface area contributed by atoms with Crippen molar-refractivity contribution >= 4 is 46.0 Å². The van der Waals surface area contributed by atoms with Crippen LogP contribution in [0.1, 0.15) is 54.9 Å². The molecule has 1 aliphatic rings. The molecule has 3 aromatic carbocycles. The van der Waals surface area contributed by atoms with E-state index in [-0.39, 0.29) is 25.3 Å². The lowest BCUT2D eigenvalue weighted by Crippen LogP contribution is -2.46. The Labute approximate surface area is 271 Å². The van der Waals surface area contributed by atoms with Gasteiger partial charge < -0.3 is 39.3 Å². The van der Waals surface area contributed by atoms with Crippen LogP contribution in [0.25, 0.3) is 10.9 Å². The van der Waals surface area contributed by atoms with Gasteiger partial charge in [0.05, 0.1) is 38.5 Å². The average molecular weight is 644 g/mol. The fraction of sp³-hybridized carbons (Fsp3) is 0.314. The van der Waals surface area contributed by atoms with Gasteiger partial charge in [0.1, 0.15) is 17.9 Å². The standard InChI is InChI=1S/C35H37N3O9/c1-20(39)46-19-35(2,3)18-38-26-14-7-6-11-22(26)31(23-12-9-15-27(44-4)32(23)45-5)47-28(33(38)41)17-29(40)36-24-13-8-10-21-16-25(34(42)43)37-30(21)24/h6-16,28,31,37H,17-19H2,1-5H3,(H,36,40)(H,42,43)/t28-,31+/m1/s1. The Balaban J connectivity index is 1.55. The number of hydrogen-bond acceptors (Lipinski definition) is 8. The summed E-state index contributed by atoms with van der Waals surface area (Å²) in [6.45, 7) is 5.30. The van der Waals surface area contributed by atoms with Crippen LogP contribution in [0.3, 0.4) is 0 Å². The second-order valence-electron chi connectivity index (χ2n) is 12.0. The normalized spacial score (nSPS) is 16.3. The molecule has 2 atom stereocenters. The number of carboxylic acids is 1. The lowest BCUT2D eigenvalue weighted by molar-refractivity contribution is -0.144. The maximum atomic E-state index is 14.4. The number of carbonyl (C=O) groups is 4. The Morgan fingerprint density at radius 3 is 2.43 bits per heavy atom. The van der Waals surface area contributed by atoms with Crippen molar-refractivity contribution in [2.24, 2.45) is 5.41 Å². The van der Waals surface area contributed by atoms with Crippen LogP contribution in [0.4, 0.5) is 11.4 Å². The molecule has 2 heterocycles. The fourth-order valence-corrected chi connectivity index (χ4v) is 5.72. The maximum Gasteiger partial charge on any atom is 0.352 e. The van der Waals surface area contributed by atoms with Crippen molar-refractivity contribution in [1.29, 1.82) is 0 Å². The van der Waals surface area contributed by atoms with Gasteiger partial charge in [-0.15, -0.1) is 0 Å². The van der Waals surface area contributed by atoms with Gasteiger partial charge in [-0.25, -0.2) is 4.79 Å². The number of fused-ring (bicyclic) bond motifs is 2. The van der Waals surface area contributed by atoms with Crippen molar-refractivity contribution < 1.29 is 43.2 Å². The highest BCUT2D eigenvalue weighted by Crippen LogP contribution is 2.45. The minimum Gasteiger partial charge on any atom is -0.493 e. The largest absolute Gasteiger partial charge is 0.493 e. The zero-order valence-electron chi connectivity index (χ0n) is 26.8. The number of aromatic amines is 1. The van der Waals surface area contributed by atoms with E-state index in [0.717, 1.165) is 0 Å². The molecule has 47 heavy (non-hydrogen) atoms. The minimum absolute atomic E-state index is 0.0242. The van der Waals surface area contributed by atoms with Crippen LogP contribution in [0.5, 0.6) is 11.5 Å². The summed E-state index contributed by atoms with van der Waals surface area (Å²) >= 11 is 0. The SMILES string of the molecule is COc1cccc([C@H]2O[C@H](CC(=O)Nc3cccc4cc(C(=O)O)[nH]c34)C(=O)N(CC(C)(C)COC(C)=O)c3ccccc32)c1OC. The zero-order chi connectivity index (χ0) is 33.9. The van der Waals surface area contributed by atoms with Crippen LogP contribution in [0.15, 0.2) is 66.7 Å². The van der Waals surface area contributed by atoms with Crippen molar-refractivity contribution in [2.45, 2.75) is 39.4 Å². The van der Waals surface area contributed by atoms with Crippen molar-refractivity contribution in [3.05, 3.63) is 83.6 Å². The third-order valence-corrected chi connectivity index (χ3v) is 7.85. The Bertz CT molecular complexity index is 1830. The molecule has 12 nitrogen and oxygen atoms in total. The number of aromatic carboxylic acids is 1. The number of methoxy groups -OCH3 is 2. The van der Waals surface area contributed by atoms with Crippen molar-refractivity contribution in [3.8, 4) is 11.5 Å². The van der Waals surface area contributed by atoms with E-state index in [2.05, 4.69) is 10.3 Å². The summed E-state index contributed by atoms with van der Waals surface area (Å²) in [5, 5.41) is 12.9. The summed E-state index contributed by atoms with van der Waals surface area (Å²) in [7, 11) is 3.04. The molecule has 0 fully saturated rings. The lowest BCUT2D eigenvalue weighted by Gasteiger charge is -2.33. The summed E-state index contributed by atoms with van der Waals surface area (Å²) in [5.74, 6) is -1.66. The second kappa shape index (κ2) is 13.6. The number of nitrogens with zero attached hydrogens (tertiary/aromatic N) is 1. The van der Waals surface area contributed by atoms with Gasteiger partial charge in [0, 0.05) is 41.1 Å². The van der Waals surface area contributed by atoms with Crippen LogP contribution in [0.2, 0.25) is 0 Å². The molecule has 1 aromatic heterocycles. The van der Waals surface area contributed by atoms with E-state index >= 15 is 0 Å². The van der Waals surface area contributed by atoms with Gasteiger partial charge in [-0.05, 0) is 24.3 Å². The number of para-hydroxylation sites is 3. The van der Waals surface area contributed by atoms with E-state index in [1.807, 2.05) is 44.2 Å². The van der Waals surface area contributed by atoms with Crippen molar-refractivity contribution in [1.82, 2.24) is 4.98 Å². The first kappa shape index (κ1) is 33.0. The topological polar surface area (TPSA) is 156 Å². The molecular weight excluding hydrogens is 606 g/mol. The van der Waals surface area contributed by atoms with Gasteiger partial charge in [-0.3, -0.25) is 14.4 Å². The van der Waals surface area contributed by atoms with Gasteiger partial charge in [-0.2, -0.15) is 0 Å². The Kier molecular flexibility index (Phi) is 9.52. The molecule has 0 unspecified atom stereocenters. The smallest absolute Gasteiger partial charge is 0.352 e. The van der Waals surface area contributed by atoms with Crippen LogP contribution in [-0.4, -0.2) is 67.3 Å². The third-order valence-electron chi connectivity index (χ3n) is 7.85. The monoisotopic (exact) mass is 643 g/mol. The molecule has 5 rings (SSSR count). The molecule has 0 aliphatic carbocycles. The van der Waals surface area contributed by atoms with Gasteiger partial charge in [0.25, 0.3) is 5.91 Å². The van der Waals surface area contributed by atoms with E-state index in [1.54, 1.807) is 35.2 Å². The number of hydrogen-bond donors (Lipinski definition) is 3. The number of rotatable bonds is 11. The molecule has 0 bridgehead atoms. The Hall–Kier alpha value is -5.36. The number of nitrogens with one attached hydrogen (secondary N) is 2. The molecular formula is C35H37N3O9. The van der Waals surface area contributed by atoms with Crippen LogP contribution in [0, 0.1) is 5.41 Å². The first-order chi connectivity index (χ1) is 22.4. The first-order valence-corrected chi connectivity index (χ1v) is 15.0. The molecule has 0 saturated heterocycles. The summed E-state index contributed by atoms with van der Waals surface area (Å²) in [5.41, 5.74) is 1.93. The highest BCUT2D eigenvalue weighted by Gasteiger charge is 2.41. The molecule has 246 valence electrons. The molecule has 3 N–H and O–H groups in total. The van der Waals surface area contributed by atoms with E-state index in [4.69, 9.17) is 18.9 Å². The first-order valence-electron chi connectivity index (χ1n) is 15.0. The number of amides is 2. The Morgan fingerprint density at radius 1 is 1.00 bits per heavy atom. The molecule has 12 heteroatoms. The van der Waals surface area contributed by atoms with Gasteiger partial charge >= 0.3 is 11.9 Å². The third kappa shape index (κ3) is 7.07. The van der Waals surface area contributed by atoms with E-state index in [0.29, 0.717) is 44.9 Å². The number of H-pyrrole nitrogens is 1. The molecule has 1 aliphatic heterocycles. The van der Waals surface area contributed by atoms with E-state index in [1.165, 1.54) is 27.2 Å². The van der Waals surface area contributed by atoms with Crippen molar-refractivity contribution in [2.75, 3.05) is 37.6 Å². The van der Waals surface area contributed by atoms with Crippen LogP contribution < -0.4 is 19.7 Å². The van der Waals surface area contributed by atoms with Crippen LogP contribution in [-0.2, 0) is 23.9 Å². The predicted molar refractivity (Wildman–Crippen MR) is 174 cm³/mol. The number of esters is 1. The van der Waals surface area contributed by atoms with Gasteiger partial charge in [0.15, 0.2) is 11.5 Å². The molecule has 0 saturated carbocycles. The number of aromatic nitrogens is 1. The Morgan fingerprint density at radius 2 is 1.72 bits per heavy atom. The second-order valence-corrected chi connectivity index (χ2v) is 12.0. The maximum absolute atomic E-state index is 14.4. The quantitative estimate of drug-likeness (QED) is 0.184. The van der Waals surface area contributed by atoms with Crippen LogP contribution >= 0.6 is 0 Å². The number of benzene rings is 3. The van der Waals surface area contributed by atoms with E-state index < -0.39 is 41.4 Å².